The van der Waals surface area contributed by atoms with Crippen molar-refractivity contribution in [3.63, 3.8) is 0 Å². The first-order valence-corrected chi connectivity index (χ1v) is 10.2. The summed E-state index contributed by atoms with van der Waals surface area (Å²) in [5.41, 5.74) is 0.285. The Bertz CT molecular complexity index is 950. The Hall–Kier alpha value is -1.59. The number of benzene rings is 1. The van der Waals surface area contributed by atoms with Gasteiger partial charge in [-0.2, -0.15) is 17.4 Å². The van der Waals surface area contributed by atoms with E-state index in [1.807, 2.05) is 6.92 Å². The number of hydrogen-bond acceptors (Lipinski definition) is 5. The van der Waals surface area contributed by atoms with Crippen LogP contribution in [-0.2, 0) is 15.0 Å². The van der Waals surface area contributed by atoms with E-state index < -0.39 is 34.0 Å². The Morgan fingerprint density at radius 1 is 1.50 bits per heavy atom. The Kier molecular flexibility index (Phi) is 5.31. The lowest BCUT2D eigenvalue weighted by atomic mass is 10.1. The third-order valence-corrected chi connectivity index (χ3v) is 6.91. The van der Waals surface area contributed by atoms with Crippen LogP contribution in [0, 0.1) is 12.7 Å². The first kappa shape index (κ1) is 19.2. The quantitative estimate of drug-likeness (QED) is 0.801. The number of hydrogen-bond donors (Lipinski definition) is 2. The van der Waals surface area contributed by atoms with Crippen molar-refractivity contribution in [3.8, 4) is 0 Å². The zero-order valence-corrected chi connectivity index (χ0v) is 16.3. The highest BCUT2D eigenvalue weighted by molar-refractivity contribution is 7.87. The number of anilines is 1. The van der Waals surface area contributed by atoms with Crippen molar-refractivity contribution in [1.82, 2.24) is 14.0 Å². The Morgan fingerprint density at radius 3 is 2.85 bits per heavy atom. The molecule has 1 saturated heterocycles. The van der Waals surface area contributed by atoms with E-state index >= 15 is 0 Å². The number of carbonyl (C=O) groups is 1. The lowest BCUT2D eigenvalue weighted by Gasteiger charge is -2.35. The van der Waals surface area contributed by atoms with Gasteiger partial charge in [-0.15, -0.1) is 11.3 Å². The molecular formula is C15H16ClFN4O3S2. The number of aromatic nitrogens is 1. The van der Waals surface area contributed by atoms with E-state index in [1.165, 1.54) is 30.5 Å². The molecule has 1 aromatic carbocycles. The van der Waals surface area contributed by atoms with Gasteiger partial charge < -0.3 is 5.32 Å². The molecule has 7 nitrogen and oxygen atoms in total. The highest BCUT2D eigenvalue weighted by Crippen LogP contribution is 2.31. The fourth-order valence-corrected chi connectivity index (χ4v) is 4.95. The average Bonchev–Trinajstić information content (AvgIpc) is 2.99. The maximum absolute atomic E-state index is 13.2. The average molecular weight is 419 g/mol. The normalized spacial score (nSPS) is 22.9. The molecule has 0 bridgehead atoms. The van der Waals surface area contributed by atoms with Crippen molar-refractivity contribution < 1.29 is 17.6 Å². The van der Waals surface area contributed by atoms with Gasteiger partial charge in [0.15, 0.2) is 0 Å². The molecule has 2 atom stereocenters. The predicted molar refractivity (Wildman–Crippen MR) is 97.9 cm³/mol. The van der Waals surface area contributed by atoms with E-state index in [-0.39, 0.29) is 17.1 Å². The number of aryl methyl sites for hydroxylation is 1. The number of thiazole rings is 1. The number of likely N-dealkylation sites (N-methyl/N-ethyl adjacent to an activating group) is 1. The van der Waals surface area contributed by atoms with Crippen molar-refractivity contribution in [2.75, 3.05) is 12.4 Å². The van der Waals surface area contributed by atoms with Gasteiger partial charge in [0, 0.05) is 23.8 Å². The zero-order valence-electron chi connectivity index (χ0n) is 13.9. The van der Waals surface area contributed by atoms with E-state index in [4.69, 9.17) is 11.6 Å². The summed E-state index contributed by atoms with van der Waals surface area (Å²) in [7, 11) is -2.52. The number of nitrogens with one attached hydrogen (secondary N) is 2. The summed E-state index contributed by atoms with van der Waals surface area (Å²) < 4.78 is 41.5. The van der Waals surface area contributed by atoms with Crippen LogP contribution in [0.5, 0.6) is 0 Å². The summed E-state index contributed by atoms with van der Waals surface area (Å²) >= 11 is 7.08. The Balaban J connectivity index is 1.83. The molecule has 2 unspecified atom stereocenters. The van der Waals surface area contributed by atoms with Crippen LogP contribution in [0.1, 0.15) is 22.3 Å². The summed E-state index contributed by atoms with van der Waals surface area (Å²) in [6, 6.07) is 2.21. The predicted octanol–water partition coefficient (Wildman–Crippen LogP) is 2.46. The molecule has 0 aliphatic carbocycles. The highest BCUT2D eigenvalue weighted by atomic mass is 35.5. The zero-order chi connectivity index (χ0) is 19.1. The fourth-order valence-electron chi connectivity index (χ4n) is 2.61. The van der Waals surface area contributed by atoms with Crippen LogP contribution < -0.4 is 10.0 Å². The second-order valence-corrected chi connectivity index (χ2v) is 9.31. The summed E-state index contributed by atoms with van der Waals surface area (Å²) in [5.74, 6) is -1.14. The molecule has 1 aliphatic rings. The van der Waals surface area contributed by atoms with E-state index in [1.54, 1.807) is 6.20 Å². The lowest BCUT2D eigenvalue weighted by Crippen LogP contribution is -2.55. The molecule has 11 heteroatoms. The Labute approximate surface area is 159 Å². The first-order chi connectivity index (χ1) is 12.2. The van der Waals surface area contributed by atoms with Gasteiger partial charge in [0.25, 0.3) is 10.2 Å². The van der Waals surface area contributed by atoms with Crippen molar-refractivity contribution in [3.05, 3.63) is 45.1 Å². The van der Waals surface area contributed by atoms with Gasteiger partial charge in [-0.25, -0.2) is 9.37 Å². The molecule has 1 aromatic heterocycles. The summed E-state index contributed by atoms with van der Waals surface area (Å²) in [6.45, 7) is 1.87. The number of halogens is 2. The van der Waals surface area contributed by atoms with Crippen LogP contribution in [0.15, 0.2) is 24.4 Å². The van der Waals surface area contributed by atoms with Crippen molar-refractivity contribution in [2.45, 2.75) is 25.4 Å². The molecule has 26 heavy (non-hydrogen) atoms. The van der Waals surface area contributed by atoms with Gasteiger partial charge in [-0.05, 0) is 31.5 Å². The van der Waals surface area contributed by atoms with E-state index in [0.717, 1.165) is 15.2 Å². The van der Waals surface area contributed by atoms with Crippen molar-refractivity contribution in [1.29, 1.82) is 0 Å². The molecule has 140 valence electrons. The van der Waals surface area contributed by atoms with Crippen LogP contribution in [0.3, 0.4) is 0 Å². The van der Waals surface area contributed by atoms with Gasteiger partial charge in [-0.3, -0.25) is 4.79 Å². The molecule has 1 aliphatic heterocycles. The molecule has 3 rings (SSSR count). The van der Waals surface area contributed by atoms with Crippen molar-refractivity contribution in [2.24, 2.45) is 0 Å². The summed E-state index contributed by atoms with van der Waals surface area (Å²) in [6.07, 6.45) is 1.87. The molecule has 1 fully saturated rings. The van der Waals surface area contributed by atoms with Crippen LogP contribution in [0.2, 0.25) is 5.02 Å². The van der Waals surface area contributed by atoms with E-state index in [2.05, 4.69) is 15.0 Å². The van der Waals surface area contributed by atoms with Gasteiger partial charge >= 0.3 is 0 Å². The maximum atomic E-state index is 13.2. The standard InChI is InChI=1S/C15H16ClFN4O3S2/c1-8-7-18-15(25-8)12-6-13(21(2)26(23,24)20-12)14(22)19-9-3-4-11(17)10(16)5-9/h3-5,7,12-13,20H,6H2,1-2H3,(H,19,22). The largest absolute Gasteiger partial charge is 0.325 e. The minimum absolute atomic E-state index is 0.134. The lowest BCUT2D eigenvalue weighted by molar-refractivity contribution is -0.120. The maximum Gasteiger partial charge on any atom is 0.280 e. The molecule has 1 amide bonds. The minimum Gasteiger partial charge on any atom is -0.325 e. The topological polar surface area (TPSA) is 91.4 Å². The van der Waals surface area contributed by atoms with Gasteiger partial charge in [0.1, 0.15) is 16.9 Å². The monoisotopic (exact) mass is 418 g/mol. The van der Waals surface area contributed by atoms with E-state index in [9.17, 15) is 17.6 Å². The Morgan fingerprint density at radius 2 is 2.23 bits per heavy atom. The molecule has 0 spiro atoms. The van der Waals surface area contributed by atoms with Crippen LogP contribution in [0.4, 0.5) is 10.1 Å². The van der Waals surface area contributed by atoms with Crippen LogP contribution in [0.25, 0.3) is 0 Å². The third-order valence-electron chi connectivity index (χ3n) is 4.00. The van der Waals surface area contributed by atoms with Crippen LogP contribution >= 0.6 is 22.9 Å². The molecular weight excluding hydrogens is 403 g/mol. The third kappa shape index (κ3) is 3.89. The first-order valence-electron chi connectivity index (χ1n) is 7.61. The smallest absolute Gasteiger partial charge is 0.280 e. The van der Waals surface area contributed by atoms with Gasteiger partial charge in [0.2, 0.25) is 5.91 Å². The molecule has 0 saturated carbocycles. The molecule has 0 radical (unpaired) electrons. The SMILES string of the molecule is Cc1cnc(C2CC(C(=O)Nc3ccc(F)c(Cl)c3)N(C)S(=O)(=O)N2)s1. The number of amides is 1. The second-order valence-electron chi connectivity index (χ2n) is 5.87. The second kappa shape index (κ2) is 7.20. The molecule has 2 N–H and O–H groups in total. The number of carbonyl (C=O) groups excluding carboxylic acids is 1. The van der Waals surface area contributed by atoms with Crippen molar-refractivity contribution >= 4 is 44.7 Å². The minimum atomic E-state index is -3.85. The summed E-state index contributed by atoms with van der Waals surface area (Å²) in [5, 5.41) is 3.05. The van der Waals surface area contributed by atoms with Crippen LogP contribution in [-0.4, -0.2) is 36.7 Å². The van der Waals surface area contributed by atoms with Gasteiger partial charge in [-0.1, -0.05) is 11.6 Å². The van der Waals surface area contributed by atoms with E-state index in [0.29, 0.717) is 5.01 Å². The fraction of sp³-hybridized carbons (Fsp3) is 0.333. The number of rotatable bonds is 3. The number of nitrogens with zero attached hydrogens (tertiary/aromatic N) is 2. The molecule has 2 aromatic rings. The van der Waals surface area contributed by atoms with Gasteiger partial charge in [0.05, 0.1) is 11.1 Å². The highest BCUT2D eigenvalue weighted by Gasteiger charge is 2.41. The molecule has 2 heterocycles. The summed E-state index contributed by atoms with van der Waals surface area (Å²) in [4.78, 5) is 17.8.